The monoisotopic (exact) mass is 286 g/mol. The highest BCUT2D eigenvalue weighted by Gasteiger charge is 2.21. The molecule has 0 aliphatic heterocycles. The lowest BCUT2D eigenvalue weighted by Gasteiger charge is -2.08. The molecule has 8 heteroatoms. The van der Waals surface area contributed by atoms with Crippen LogP contribution in [-0.2, 0) is 10.0 Å². The zero-order valence-corrected chi connectivity index (χ0v) is 11.8. The number of methoxy groups -OCH3 is 1. The van der Waals surface area contributed by atoms with Crippen LogP contribution in [0.4, 0.5) is 5.95 Å². The minimum Gasteiger partial charge on any atom is -0.481 e. The van der Waals surface area contributed by atoms with Crippen LogP contribution in [0.15, 0.2) is 6.07 Å². The van der Waals surface area contributed by atoms with Crippen molar-refractivity contribution < 1.29 is 13.2 Å². The number of nitrogens with zero attached hydrogens (tertiary/aromatic N) is 2. The van der Waals surface area contributed by atoms with Crippen molar-refractivity contribution in [3.05, 3.63) is 11.8 Å². The Morgan fingerprint density at radius 3 is 2.79 bits per heavy atom. The second kappa shape index (κ2) is 5.70. The van der Waals surface area contributed by atoms with Crippen molar-refractivity contribution in [1.82, 2.24) is 15.3 Å². The van der Waals surface area contributed by atoms with Crippen LogP contribution in [-0.4, -0.2) is 43.8 Å². The van der Waals surface area contributed by atoms with Gasteiger partial charge in [-0.2, -0.15) is 4.98 Å². The van der Waals surface area contributed by atoms with Crippen molar-refractivity contribution in [2.75, 3.05) is 24.1 Å². The van der Waals surface area contributed by atoms with Gasteiger partial charge in [-0.15, -0.1) is 0 Å². The maximum Gasteiger partial charge on any atom is 0.240 e. The molecule has 0 aromatic carbocycles. The summed E-state index contributed by atoms with van der Waals surface area (Å²) in [6.07, 6.45) is 2.26. The molecule has 0 unspecified atom stereocenters. The number of sulfonamides is 1. The summed E-state index contributed by atoms with van der Waals surface area (Å²) in [6, 6.07) is 2.12. The lowest BCUT2D eigenvalue weighted by atomic mass is 10.4. The van der Waals surface area contributed by atoms with E-state index in [0.717, 1.165) is 12.8 Å². The SMILES string of the molecule is COc1cc(C)nc(NS(=O)(=O)CCNC2CC2)n1. The number of ether oxygens (including phenoxy) is 1. The van der Waals surface area contributed by atoms with Gasteiger partial charge in [0.25, 0.3) is 0 Å². The van der Waals surface area contributed by atoms with Crippen LogP contribution in [0.5, 0.6) is 5.88 Å². The standard InChI is InChI=1S/C11H18N4O3S/c1-8-7-10(18-2)14-11(13-8)15-19(16,17)6-5-12-9-3-4-9/h7,9,12H,3-6H2,1-2H3,(H,13,14,15). The van der Waals surface area contributed by atoms with Crippen LogP contribution in [0.25, 0.3) is 0 Å². The fourth-order valence-electron chi connectivity index (χ4n) is 1.56. The van der Waals surface area contributed by atoms with E-state index in [0.29, 0.717) is 24.2 Å². The molecule has 106 valence electrons. The van der Waals surface area contributed by atoms with Crippen LogP contribution in [0.1, 0.15) is 18.5 Å². The largest absolute Gasteiger partial charge is 0.481 e. The van der Waals surface area contributed by atoms with Crippen molar-refractivity contribution in [3.63, 3.8) is 0 Å². The van der Waals surface area contributed by atoms with Gasteiger partial charge in [-0.3, -0.25) is 4.72 Å². The van der Waals surface area contributed by atoms with Gasteiger partial charge in [0.2, 0.25) is 21.9 Å². The zero-order valence-electron chi connectivity index (χ0n) is 11.0. The molecule has 2 rings (SSSR count). The smallest absolute Gasteiger partial charge is 0.240 e. The summed E-state index contributed by atoms with van der Waals surface area (Å²) in [5.74, 6) is 0.382. The molecule has 0 atom stereocenters. The van der Waals surface area contributed by atoms with E-state index in [9.17, 15) is 8.42 Å². The Kier molecular flexibility index (Phi) is 4.20. The molecule has 1 aliphatic rings. The second-order valence-corrected chi connectivity index (χ2v) is 6.37. The van der Waals surface area contributed by atoms with Crippen LogP contribution >= 0.6 is 0 Å². The van der Waals surface area contributed by atoms with Crippen LogP contribution in [0.3, 0.4) is 0 Å². The van der Waals surface area contributed by atoms with Gasteiger partial charge in [0.15, 0.2) is 0 Å². The molecule has 1 aliphatic carbocycles. The van der Waals surface area contributed by atoms with E-state index in [4.69, 9.17) is 4.74 Å². The molecule has 0 saturated heterocycles. The Bertz CT molecular complexity index is 543. The average molecular weight is 286 g/mol. The number of hydrogen-bond donors (Lipinski definition) is 2. The maximum atomic E-state index is 11.8. The highest BCUT2D eigenvalue weighted by Crippen LogP contribution is 2.18. The maximum absolute atomic E-state index is 11.8. The fraction of sp³-hybridized carbons (Fsp3) is 0.636. The molecule has 19 heavy (non-hydrogen) atoms. The molecule has 0 amide bonds. The quantitative estimate of drug-likeness (QED) is 0.748. The Morgan fingerprint density at radius 2 is 2.16 bits per heavy atom. The Morgan fingerprint density at radius 1 is 1.42 bits per heavy atom. The van der Waals surface area contributed by atoms with Gasteiger partial charge in [-0.25, -0.2) is 13.4 Å². The van der Waals surface area contributed by atoms with Gasteiger partial charge in [0, 0.05) is 24.3 Å². The third-order valence-electron chi connectivity index (χ3n) is 2.67. The predicted molar refractivity (Wildman–Crippen MR) is 71.8 cm³/mol. The van der Waals surface area contributed by atoms with Crippen molar-refractivity contribution >= 4 is 16.0 Å². The Labute approximate surface area is 112 Å². The topological polar surface area (TPSA) is 93.2 Å². The number of aryl methyl sites for hydroxylation is 1. The van der Waals surface area contributed by atoms with Gasteiger partial charge in [0.1, 0.15) is 0 Å². The minimum absolute atomic E-state index is 0.00309. The third-order valence-corrected chi connectivity index (χ3v) is 3.90. The average Bonchev–Trinajstić information content (AvgIpc) is 3.11. The van der Waals surface area contributed by atoms with Gasteiger partial charge in [-0.1, -0.05) is 0 Å². The molecular formula is C11H18N4O3S. The number of aromatic nitrogens is 2. The van der Waals surface area contributed by atoms with Gasteiger partial charge in [0.05, 0.1) is 12.9 Å². The molecule has 7 nitrogen and oxygen atoms in total. The van der Waals surface area contributed by atoms with Gasteiger partial charge < -0.3 is 10.1 Å². The lowest BCUT2D eigenvalue weighted by molar-refractivity contribution is 0.397. The lowest BCUT2D eigenvalue weighted by Crippen LogP contribution is -2.28. The van der Waals surface area contributed by atoms with E-state index in [1.807, 2.05) is 0 Å². The van der Waals surface area contributed by atoms with E-state index in [2.05, 4.69) is 20.0 Å². The number of anilines is 1. The molecular weight excluding hydrogens is 268 g/mol. The van der Waals surface area contributed by atoms with E-state index in [-0.39, 0.29) is 11.7 Å². The van der Waals surface area contributed by atoms with Crippen molar-refractivity contribution in [3.8, 4) is 5.88 Å². The van der Waals surface area contributed by atoms with E-state index >= 15 is 0 Å². The molecule has 2 N–H and O–H groups in total. The van der Waals surface area contributed by atoms with Crippen molar-refractivity contribution in [2.45, 2.75) is 25.8 Å². The van der Waals surface area contributed by atoms with Crippen LogP contribution < -0.4 is 14.8 Å². The van der Waals surface area contributed by atoms with E-state index in [1.54, 1.807) is 13.0 Å². The molecule has 1 saturated carbocycles. The molecule has 0 spiro atoms. The summed E-state index contributed by atoms with van der Waals surface area (Å²) in [6.45, 7) is 2.18. The first-order valence-corrected chi connectivity index (χ1v) is 7.77. The second-order valence-electron chi connectivity index (χ2n) is 4.52. The molecule has 1 aromatic heterocycles. The van der Waals surface area contributed by atoms with E-state index < -0.39 is 10.0 Å². The number of rotatable bonds is 7. The van der Waals surface area contributed by atoms with Crippen LogP contribution in [0, 0.1) is 6.92 Å². The Balaban J connectivity index is 1.95. The molecule has 1 aromatic rings. The molecule has 1 fully saturated rings. The van der Waals surface area contributed by atoms with E-state index in [1.165, 1.54) is 7.11 Å². The summed E-state index contributed by atoms with van der Waals surface area (Å²) in [5.41, 5.74) is 0.639. The summed E-state index contributed by atoms with van der Waals surface area (Å²) in [7, 11) is -1.97. The third kappa shape index (κ3) is 4.64. The summed E-state index contributed by atoms with van der Waals surface area (Å²) >= 11 is 0. The highest BCUT2D eigenvalue weighted by atomic mass is 32.2. The molecule has 1 heterocycles. The van der Waals surface area contributed by atoms with Crippen molar-refractivity contribution in [1.29, 1.82) is 0 Å². The minimum atomic E-state index is -3.44. The molecule has 0 bridgehead atoms. The van der Waals surface area contributed by atoms with Crippen LogP contribution in [0.2, 0.25) is 0 Å². The number of hydrogen-bond acceptors (Lipinski definition) is 6. The first kappa shape index (κ1) is 14.0. The van der Waals surface area contributed by atoms with Crippen molar-refractivity contribution in [2.24, 2.45) is 0 Å². The zero-order chi connectivity index (χ0) is 13.9. The summed E-state index contributed by atoms with van der Waals surface area (Å²) < 4.78 is 31.0. The predicted octanol–water partition coefficient (Wildman–Crippen LogP) is 0.287. The summed E-state index contributed by atoms with van der Waals surface area (Å²) in [4.78, 5) is 7.97. The fourth-order valence-corrected chi connectivity index (χ4v) is 2.42. The molecule has 0 radical (unpaired) electrons. The van der Waals surface area contributed by atoms with Gasteiger partial charge >= 0.3 is 0 Å². The Hall–Kier alpha value is -1.41. The van der Waals surface area contributed by atoms with Gasteiger partial charge in [-0.05, 0) is 19.8 Å². The number of nitrogens with one attached hydrogen (secondary N) is 2. The highest BCUT2D eigenvalue weighted by molar-refractivity contribution is 7.92. The first-order valence-electron chi connectivity index (χ1n) is 6.12. The first-order chi connectivity index (χ1) is 8.98. The normalized spacial score (nSPS) is 15.3. The summed E-state index contributed by atoms with van der Waals surface area (Å²) in [5, 5.41) is 3.15.